The van der Waals surface area contributed by atoms with E-state index in [1.54, 1.807) is 24.3 Å². The standard InChI is InChI=1S/C18H14Cl2FN3O2S2/c1-10(26-15-5-3-2-4-14(15)21)16(25)22-17-23-24-18(28-17)27-9-11-6-7-12(19)8-13(11)20/h2-8,10H,9H2,1H3,(H,22,23,25). The Morgan fingerprint density at radius 2 is 2.07 bits per heavy atom. The number of halogens is 3. The summed E-state index contributed by atoms with van der Waals surface area (Å²) in [6.45, 7) is 1.53. The fraction of sp³-hybridized carbons (Fsp3) is 0.167. The Kier molecular flexibility index (Phi) is 7.12. The van der Waals surface area contributed by atoms with E-state index in [1.165, 1.54) is 42.2 Å². The molecule has 146 valence electrons. The number of nitrogens with one attached hydrogen (secondary N) is 1. The van der Waals surface area contributed by atoms with Crippen molar-refractivity contribution < 1.29 is 13.9 Å². The van der Waals surface area contributed by atoms with Gasteiger partial charge in [0.25, 0.3) is 5.91 Å². The van der Waals surface area contributed by atoms with Crippen molar-refractivity contribution in [3.63, 3.8) is 0 Å². The van der Waals surface area contributed by atoms with E-state index < -0.39 is 17.8 Å². The highest BCUT2D eigenvalue weighted by atomic mass is 35.5. The molecule has 1 aromatic heterocycles. The Bertz CT molecular complexity index is 987. The molecule has 28 heavy (non-hydrogen) atoms. The Labute approximate surface area is 179 Å². The number of anilines is 1. The third-order valence-corrected chi connectivity index (χ3v) is 6.12. The molecule has 0 aliphatic heterocycles. The molecular weight excluding hydrogens is 444 g/mol. The molecule has 0 fully saturated rings. The number of aromatic nitrogens is 2. The maximum atomic E-state index is 13.6. The number of hydrogen-bond acceptors (Lipinski definition) is 6. The van der Waals surface area contributed by atoms with Crippen LogP contribution in [0.3, 0.4) is 0 Å². The van der Waals surface area contributed by atoms with Gasteiger partial charge in [-0.25, -0.2) is 4.39 Å². The number of nitrogens with zero attached hydrogens (tertiary/aromatic N) is 2. The first-order chi connectivity index (χ1) is 13.4. The van der Waals surface area contributed by atoms with Crippen molar-refractivity contribution in [1.82, 2.24) is 10.2 Å². The Hall–Kier alpha value is -1.87. The molecule has 5 nitrogen and oxygen atoms in total. The highest BCUT2D eigenvalue weighted by Gasteiger charge is 2.18. The number of thioether (sulfide) groups is 1. The molecule has 0 saturated carbocycles. The second-order valence-electron chi connectivity index (χ2n) is 5.58. The van der Waals surface area contributed by atoms with Gasteiger partial charge >= 0.3 is 0 Å². The van der Waals surface area contributed by atoms with Crippen molar-refractivity contribution in [1.29, 1.82) is 0 Å². The minimum atomic E-state index is -0.898. The topological polar surface area (TPSA) is 64.1 Å². The Morgan fingerprint density at radius 3 is 2.82 bits per heavy atom. The number of benzene rings is 2. The highest BCUT2D eigenvalue weighted by Crippen LogP contribution is 2.31. The van der Waals surface area contributed by atoms with Gasteiger partial charge in [-0.2, -0.15) is 0 Å². The van der Waals surface area contributed by atoms with Gasteiger partial charge in [-0.3, -0.25) is 10.1 Å². The van der Waals surface area contributed by atoms with Crippen molar-refractivity contribution in [3.05, 3.63) is 63.9 Å². The van der Waals surface area contributed by atoms with Crippen molar-refractivity contribution in [3.8, 4) is 5.75 Å². The van der Waals surface area contributed by atoms with Gasteiger partial charge in [0.1, 0.15) is 0 Å². The summed E-state index contributed by atoms with van der Waals surface area (Å²) < 4.78 is 19.6. The van der Waals surface area contributed by atoms with Gasteiger partial charge in [-0.15, -0.1) is 10.2 Å². The molecule has 10 heteroatoms. The lowest BCUT2D eigenvalue weighted by Gasteiger charge is -2.13. The predicted octanol–water partition coefficient (Wildman–Crippen LogP) is 5.68. The summed E-state index contributed by atoms with van der Waals surface area (Å²) in [6, 6.07) is 11.2. The van der Waals surface area contributed by atoms with Gasteiger partial charge in [0.15, 0.2) is 22.0 Å². The van der Waals surface area contributed by atoms with E-state index in [2.05, 4.69) is 15.5 Å². The monoisotopic (exact) mass is 457 g/mol. The van der Waals surface area contributed by atoms with Crippen LogP contribution in [0.5, 0.6) is 5.75 Å². The maximum Gasteiger partial charge on any atom is 0.266 e. The number of para-hydroxylation sites is 1. The van der Waals surface area contributed by atoms with Crippen LogP contribution in [-0.2, 0) is 10.5 Å². The first-order valence-electron chi connectivity index (χ1n) is 8.04. The molecular formula is C18H14Cl2FN3O2S2. The van der Waals surface area contributed by atoms with E-state index in [1.807, 2.05) is 6.07 Å². The summed E-state index contributed by atoms with van der Waals surface area (Å²) in [6.07, 6.45) is -0.898. The van der Waals surface area contributed by atoms with E-state index in [0.717, 1.165) is 5.56 Å². The van der Waals surface area contributed by atoms with Crippen LogP contribution in [-0.4, -0.2) is 22.2 Å². The van der Waals surface area contributed by atoms with Crippen molar-refractivity contribution in [2.24, 2.45) is 0 Å². The third kappa shape index (κ3) is 5.57. The molecule has 1 N–H and O–H groups in total. The third-order valence-electron chi connectivity index (χ3n) is 3.51. The quantitative estimate of drug-likeness (QED) is 0.365. The Balaban J connectivity index is 1.55. The normalized spacial score (nSPS) is 11.9. The second-order valence-corrected chi connectivity index (χ2v) is 8.62. The fourth-order valence-electron chi connectivity index (χ4n) is 2.09. The van der Waals surface area contributed by atoms with E-state index >= 15 is 0 Å². The summed E-state index contributed by atoms with van der Waals surface area (Å²) >= 11 is 14.7. The van der Waals surface area contributed by atoms with Gasteiger partial charge in [0, 0.05) is 15.8 Å². The van der Waals surface area contributed by atoms with E-state index in [-0.39, 0.29) is 5.75 Å². The lowest BCUT2D eigenvalue weighted by Crippen LogP contribution is -2.30. The number of rotatable bonds is 7. The van der Waals surface area contributed by atoms with Gasteiger partial charge in [0.05, 0.1) is 0 Å². The minimum Gasteiger partial charge on any atom is -0.478 e. The number of carbonyl (C=O) groups excluding carboxylic acids is 1. The number of ether oxygens (including phenoxy) is 1. The molecule has 1 amide bonds. The van der Waals surface area contributed by atoms with Crippen molar-refractivity contribution in [2.75, 3.05) is 5.32 Å². The van der Waals surface area contributed by atoms with Crippen LogP contribution in [0.25, 0.3) is 0 Å². The summed E-state index contributed by atoms with van der Waals surface area (Å²) in [4.78, 5) is 12.2. The zero-order chi connectivity index (χ0) is 20.1. The molecule has 0 bridgehead atoms. The molecule has 3 rings (SSSR count). The average molecular weight is 458 g/mol. The van der Waals surface area contributed by atoms with Gasteiger partial charge in [-0.1, -0.05) is 64.5 Å². The van der Waals surface area contributed by atoms with Crippen LogP contribution >= 0.6 is 46.3 Å². The van der Waals surface area contributed by atoms with Crippen LogP contribution in [0.4, 0.5) is 9.52 Å². The lowest BCUT2D eigenvalue weighted by molar-refractivity contribution is -0.122. The van der Waals surface area contributed by atoms with Crippen molar-refractivity contribution >= 4 is 57.3 Å². The molecule has 2 aromatic carbocycles. The summed E-state index contributed by atoms with van der Waals surface area (Å²) in [5.41, 5.74) is 0.920. The van der Waals surface area contributed by atoms with Gasteiger partial charge < -0.3 is 4.74 Å². The molecule has 1 heterocycles. The first-order valence-corrected chi connectivity index (χ1v) is 10.6. The molecule has 0 aliphatic carbocycles. The minimum absolute atomic E-state index is 0.0125. The van der Waals surface area contributed by atoms with E-state index in [9.17, 15) is 9.18 Å². The number of hydrogen-bond donors (Lipinski definition) is 1. The van der Waals surface area contributed by atoms with Crippen LogP contribution in [0.2, 0.25) is 10.0 Å². The van der Waals surface area contributed by atoms with E-state index in [0.29, 0.717) is 25.3 Å². The molecule has 0 aliphatic rings. The van der Waals surface area contributed by atoms with Crippen LogP contribution in [0.15, 0.2) is 46.8 Å². The zero-order valence-corrected chi connectivity index (χ0v) is 17.6. The average Bonchev–Trinajstić information content (AvgIpc) is 3.10. The molecule has 0 saturated heterocycles. The fourth-order valence-corrected chi connectivity index (χ4v) is 4.40. The highest BCUT2D eigenvalue weighted by molar-refractivity contribution is 8.00. The zero-order valence-electron chi connectivity index (χ0n) is 14.5. The molecule has 1 unspecified atom stereocenters. The van der Waals surface area contributed by atoms with Crippen molar-refractivity contribution in [2.45, 2.75) is 23.1 Å². The Morgan fingerprint density at radius 1 is 1.29 bits per heavy atom. The second kappa shape index (κ2) is 9.56. The molecule has 0 spiro atoms. The first kappa shape index (κ1) is 20.9. The summed E-state index contributed by atoms with van der Waals surface area (Å²) in [7, 11) is 0. The predicted molar refractivity (Wildman–Crippen MR) is 111 cm³/mol. The van der Waals surface area contributed by atoms with Crippen LogP contribution in [0, 0.1) is 5.82 Å². The number of amides is 1. The summed E-state index contributed by atoms with van der Waals surface area (Å²) in [5.74, 6) is -0.376. The maximum absolute atomic E-state index is 13.6. The van der Waals surface area contributed by atoms with E-state index in [4.69, 9.17) is 27.9 Å². The summed E-state index contributed by atoms with van der Waals surface area (Å²) in [5, 5.41) is 12.1. The van der Waals surface area contributed by atoms with Gasteiger partial charge in [-0.05, 0) is 36.8 Å². The SMILES string of the molecule is CC(Oc1ccccc1F)C(=O)Nc1nnc(SCc2ccc(Cl)cc2Cl)s1. The van der Waals surface area contributed by atoms with Gasteiger partial charge in [0.2, 0.25) is 5.13 Å². The number of carbonyl (C=O) groups is 1. The molecule has 0 radical (unpaired) electrons. The smallest absolute Gasteiger partial charge is 0.266 e. The van der Waals surface area contributed by atoms with Crippen LogP contribution < -0.4 is 10.1 Å². The molecule has 3 aromatic rings. The van der Waals surface area contributed by atoms with Crippen LogP contribution in [0.1, 0.15) is 12.5 Å². The largest absolute Gasteiger partial charge is 0.478 e. The molecule has 1 atom stereocenters. The lowest BCUT2D eigenvalue weighted by atomic mass is 10.2.